The van der Waals surface area contributed by atoms with Crippen LogP contribution < -0.4 is 10.6 Å². The van der Waals surface area contributed by atoms with Crippen LogP contribution in [0.15, 0.2) is 60.7 Å². The zero-order valence-corrected chi connectivity index (χ0v) is 15.5. The quantitative estimate of drug-likeness (QED) is 0.689. The first-order chi connectivity index (χ1) is 13.5. The first kappa shape index (κ1) is 19.4. The number of carboxylic acid groups (broad SMARTS) is 1. The Morgan fingerprint density at radius 2 is 1.46 bits per heavy atom. The third-order valence-corrected chi connectivity index (χ3v) is 4.96. The fourth-order valence-electron chi connectivity index (χ4n) is 3.29. The van der Waals surface area contributed by atoms with E-state index in [0.29, 0.717) is 35.3 Å². The molecule has 0 aliphatic heterocycles. The summed E-state index contributed by atoms with van der Waals surface area (Å²) in [6.45, 7) is 1.80. The Balaban J connectivity index is 1.75. The summed E-state index contributed by atoms with van der Waals surface area (Å²) in [5.41, 5.74) is 2.38. The van der Waals surface area contributed by atoms with Crippen molar-refractivity contribution in [3.8, 4) is 0 Å². The lowest BCUT2D eigenvalue weighted by atomic mass is 9.82. The highest BCUT2D eigenvalue weighted by molar-refractivity contribution is 6.05. The number of nitrogens with one attached hydrogen (secondary N) is 2. The molecule has 2 atom stereocenters. The fraction of sp³-hybridized carbons (Fsp3) is 0.227. The average molecular weight is 378 g/mol. The van der Waals surface area contributed by atoms with Gasteiger partial charge in [0.25, 0.3) is 5.91 Å². The van der Waals surface area contributed by atoms with Gasteiger partial charge in [-0.15, -0.1) is 0 Å². The van der Waals surface area contributed by atoms with Crippen molar-refractivity contribution in [1.82, 2.24) is 0 Å². The Kier molecular flexibility index (Phi) is 5.89. The minimum Gasteiger partial charge on any atom is -0.481 e. The molecule has 144 valence electrons. The summed E-state index contributed by atoms with van der Waals surface area (Å²) >= 11 is 0. The zero-order chi connectivity index (χ0) is 20.1. The maximum absolute atomic E-state index is 12.7. The van der Waals surface area contributed by atoms with E-state index in [4.69, 9.17) is 0 Å². The Labute approximate surface area is 163 Å². The van der Waals surface area contributed by atoms with Crippen LogP contribution in [0.25, 0.3) is 0 Å². The van der Waals surface area contributed by atoms with Gasteiger partial charge in [0.15, 0.2) is 0 Å². The zero-order valence-electron chi connectivity index (χ0n) is 15.5. The van der Waals surface area contributed by atoms with Crippen LogP contribution in [0.1, 0.15) is 28.8 Å². The molecule has 0 heterocycles. The molecule has 2 aromatic carbocycles. The molecule has 0 spiro atoms. The van der Waals surface area contributed by atoms with Crippen molar-refractivity contribution >= 4 is 29.2 Å². The molecule has 0 fully saturated rings. The normalized spacial score (nSPS) is 18.3. The highest BCUT2D eigenvalue weighted by Gasteiger charge is 2.34. The first-order valence-corrected chi connectivity index (χ1v) is 9.12. The van der Waals surface area contributed by atoms with Gasteiger partial charge >= 0.3 is 5.97 Å². The number of carboxylic acids is 1. The van der Waals surface area contributed by atoms with Crippen LogP contribution in [0, 0.1) is 18.8 Å². The van der Waals surface area contributed by atoms with Crippen LogP contribution in [0.4, 0.5) is 11.4 Å². The number of hydrogen-bond acceptors (Lipinski definition) is 3. The number of aliphatic carboxylic acids is 1. The lowest BCUT2D eigenvalue weighted by Gasteiger charge is -2.24. The highest BCUT2D eigenvalue weighted by atomic mass is 16.4. The van der Waals surface area contributed by atoms with E-state index in [1.165, 1.54) is 0 Å². The molecular formula is C22H22N2O4. The van der Waals surface area contributed by atoms with Crippen molar-refractivity contribution in [2.24, 2.45) is 11.8 Å². The fourth-order valence-corrected chi connectivity index (χ4v) is 3.29. The third kappa shape index (κ3) is 4.28. The molecule has 0 radical (unpaired) electrons. The molecule has 28 heavy (non-hydrogen) atoms. The number of allylic oxidation sites excluding steroid dienone is 2. The number of anilines is 2. The van der Waals surface area contributed by atoms with Crippen LogP contribution in [0.3, 0.4) is 0 Å². The van der Waals surface area contributed by atoms with Gasteiger partial charge in [-0.2, -0.15) is 0 Å². The Hall–Kier alpha value is -3.41. The van der Waals surface area contributed by atoms with Gasteiger partial charge in [-0.3, -0.25) is 14.4 Å². The van der Waals surface area contributed by atoms with Crippen molar-refractivity contribution in [2.75, 3.05) is 10.6 Å². The number of amides is 2. The standard InChI is InChI=1S/C22H22N2O4/c1-14-18(23-20(25)15-8-3-2-4-9-15)12-7-13-19(14)24-21(26)16-10-5-6-11-17(16)22(27)28/h2-9,12-13,16-17H,10-11H2,1H3,(H,23,25)(H,24,26)(H,27,28)/t16-,17-/m1/s1. The summed E-state index contributed by atoms with van der Waals surface area (Å²) in [5.74, 6) is -2.89. The minimum absolute atomic E-state index is 0.240. The molecule has 0 unspecified atom stereocenters. The first-order valence-electron chi connectivity index (χ1n) is 9.12. The maximum atomic E-state index is 12.7. The van der Waals surface area contributed by atoms with Crippen molar-refractivity contribution in [2.45, 2.75) is 19.8 Å². The van der Waals surface area contributed by atoms with Crippen molar-refractivity contribution in [3.05, 3.63) is 71.8 Å². The van der Waals surface area contributed by atoms with Crippen LogP contribution in [-0.2, 0) is 9.59 Å². The van der Waals surface area contributed by atoms with Gasteiger partial charge in [0.05, 0.1) is 11.8 Å². The van der Waals surface area contributed by atoms with E-state index in [-0.39, 0.29) is 11.8 Å². The topological polar surface area (TPSA) is 95.5 Å². The smallest absolute Gasteiger partial charge is 0.307 e. The second kappa shape index (κ2) is 8.52. The molecule has 1 aliphatic carbocycles. The van der Waals surface area contributed by atoms with Crippen LogP contribution in [0.5, 0.6) is 0 Å². The molecule has 0 aromatic heterocycles. The molecule has 1 aliphatic rings. The molecule has 3 N–H and O–H groups in total. The van der Waals surface area contributed by atoms with E-state index in [1.54, 1.807) is 55.5 Å². The van der Waals surface area contributed by atoms with Crippen molar-refractivity contribution < 1.29 is 19.5 Å². The number of hydrogen-bond donors (Lipinski definition) is 3. The summed E-state index contributed by atoms with van der Waals surface area (Å²) in [5, 5.41) is 15.1. The van der Waals surface area contributed by atoms with Crippen LogP contribution >= 0.6 is 0 Å². The van der Waals surface area contributed by atoms with Crippen LogP contribution in [-0.4, -0.2) is 22.9 Å². The van der Waals surface area contributed by atoms with Crippen LogP contribution in [0.2, 0.25) is 0 Å². The van der Waals surface area contributed by atoms with Gasteiger partial charge in [-0.05, 0) is 49.6 Å². The van der Waals surface area contributed by atoms with E-state index in [1.807, 2.05) is 12.1 Å². The van der Waals surface area contributed by atoms with E-state index in [0.717, 1.165) is 0 Å². The van der Waals surface area contributed by atoms with Gasteiger partial charge in [0.2, 0.25) is 5.91 Å². The average Bonchev–Trinajstić information content (AvgIpc) is 2.71. The van der Waals surface area contributed by atoms with Gasteiger partial charge in [0.1, 0.15) is 0 Å². The number of carbonyl (C=O) groups is 3. The van der Waals surface area contributed by atoms with Gasteiger partial charge in [0, 0.05) is 16.9 Å². The molecule has 0 bridgehead atoms. The monoisotopic (exact) mass is 378 g/mol. The van der Waals surface area contributed by atoms with Gasteiger partial charge in [-0.1, -0.05) is 36.4 Å². The summed E-state index contributed by atoms with van der Waals surface area (Å²) in [7, 11) is 0. The lowest BCUT2D eigenvalue weighted by Crippen LogP contribution is -2.34. The molecule has 6 nitrogen and oxygen atoms in total. The molecule has 0 saturated heterocycles. The summed E-state index contributed by atoms with van der Waals surface area (Å²) < 4.78 is 0. The molecule has 2 aromatic rings. The SMILES string of the molecule is Cc1c(NC(=O)c2ccccc2)cccc1NC(=O)[C@@H]1CC=CC[C@H]1C(=O)O. The van der Waals surface area contributed by atoms with E-state index in [9.17, 15) is 19.5 Å². The minimum atomic E-state index is -0.968. The molecule has 6 heteroatoms. The predicted molar refractivity (Wildman–Crippen MR) is 107 cm³/mol. The van der Waals surface area contributed by atoms with Gasteiger partial charge < -0.3 is 15.7 Å². The Bertz CT molecular complexity index is 921. The van der Waals surface area contributed by atoms with E-state index in [2.05, 4.69) is 10.6 Å². The maximum Gasteiger partial charge on any atom is 0.307 e. The third-order valence-electron chi connectivity index (χ3n) is 4.96. The Morgan fingerprint density at radius 3 is 2.11 bits per heavy atom. The summed E-state index contributed by atoms with van der Waals surface area (Å²) in [4.78, 5) is 36.5. The number of benzene rings is 2. The van der Waals surface area contributed by atoms with Crippen molar-refractivity contribution in [1.29, 1.82) is 0 Å². The van der Waals surface area contributed by atoms with E-state index < -0.39 is 17.8 Å². The Morgan fingerprint density at radius 1 is 0.857 bits per heavy atom. The highest BCUT2D eigenvalue weighted by Crippen LogP contribution is 2.29. The van der Waals surface area contributed by atoms with Gasteiger partial charge in [-0.25, -0.2) is 0 Å². The number of rotatable bonds is 5. The lowest BCUT2D eigenvalue weighted by molar-refractivity contribution is -0.146. The molecular weight excluding hydrogens is 356 g/mol. The second-order valence-electron chi connectivity index (χ2n) is 6.78. The van der Waals surface area contributed by atoms with Crippen molar-refractivity contribution in [3.63, 3.8) is 0 Å². The summed E-state index contributed by atoms with van der Waals surface area (Å²) in [6.07, 6.45) is 4.38. The summed E-state index contributed by atoms with van der Waals surface area (Å²) in [6, 6.07) is 14.1. The molecule has 2 amide bonds. The largest absolute Gasteiger partial charge is 0.481 e. The predicted octanol–water partition coefficient (Wildman–Crippen LogP) is 3.85. The number of carbonyl (C=O) groups excluding carboxylic acids is 2. The molecule has 3 rings (SSSR count). The van der Waals surface area contributed by atoms with E-state index >= 15 is 0 Å². The molecule has 0 saturated carbocycles. The second-order valence-corrected chi connectivity index (χ2v) is 6.78.